The van der Waals surface area contributed by atoms with E-state index in [1.54, 1.807) is 20.1 Å². The summed E-state index contributed by atoms with van der Waals surface area (Å²) in [4.78, 5) is 14.2. The molecule has 1 aromatic carbocycles. The van der Waals surface area contributed by atoms with Crippen LogP contribution >= 0.6 is 15.9 Å². The van der Waals surface area contributed by atoms with Gasteiger partial charge in [-0.3, -0.25) is 4.79 Å². The van der Waals surface area contributed by atoms with E-state index in [1.807, 2.05) is 12.1 Å². The number of ether oxygens (including phenoxy) is 1. The Morgan fingerprint density at radius 3 is 2.73 bits per heavy atom. The van der Waals surface area contributed by atoms with Crippen LogP contribution < -0.4 is 10.3 Å². The number of hydrogen-bond donors (Lipinski definition) is 1. The Morgan fingerprint density at radius 1 is 1.33 bits per heavy atom. The normalized spacial score (nSPS) is 10.6. The zero-order chi connectivity index (χ0) is 11.0. The van der Waals surface area contributed by atoms with E-state index in [0.29, 0.717) is 11.3 Å². The van der Waals surface area contributed by atoms with Crippen LogP contribution in [0.3, 0.4) is 0 Å². The molecule has 0 amide bonds. The van der Waals surface area contributed by atoms with Crippen LogP contribution in [-0.2, 0) is 0 Å². The molecule has 2 aromatic rings. The fourth-order valence-electron chi connectivity index (χ4n) is 1.46. The second-order valence-electron chi connectivity index (χ2n) is 3.35. The Kier molecular flexibility index (Phi) is 2.52. The van der Waals surface area contributed by atoms with E-state index in [0.717, 1.165) is 15.4 Å². The maximum absolute atomic E-state index is 11.4. The molecule has 0 saturated heterocycles. The number of fused-ring (bicyclic) bond motifs is 1. The number of aromatic nitrogens is 1. The van der Waals surface area contributed by atoms with Crippen molar-refractivity contribution in [1.82, 2.24) is 4.98 Å². The van der Waals surface area contributed by atoms with Crippen LogP contribution in [0, 0.1) is 6.92 Å². The Bertz CT molecular complexity index is 575. The summed E-state index contributed by atoms with van der Waals surface area (Å²) >= 11 is 3.45. The minimum atomic E-state index is -0.0670. The minimum Gasteiger partial charge on any atom is -0.497 e. The van der Waals surface area contributed by atoms with E-state index in [-0.39, 0.29) is 5.56 Å². The molecule has 0 atom stereocenters. The summed E-state index contributed by atoms with van der Waals surface area (Å²) < 4.78 is 6.03. The van der Waals surface area contributed by atoms with Gasteiger partial charge in [0.1, 0.15) is 5.75 Å². The molecule has 0 aliphatic rings. The van der Waals surface area contributed by atoms with E-state index in [1.165, 1.54) is 0 Å². The Morgan fingerprint density at radius 2 is 2.07 bits per heavy atom. The third-order valence-electron chi connectivity index (χ3n) is 2.31. The summed E-state index contributed by atoms with van der Waals surface area (Å²) in [5, 5.41) is 0.980. The van der Waals surface area contributed by atoms with Crippen LogP contribution in [0.15, 0.2) is 27.5 Å². The van der Waals surface area contributed by atoms with Crippen molar-refractivity contribution in [3.05, 3.63) is 38.6 Å². The second-order valence-corrected chi connectivity index (χ2v) is 4.21. The van der Waals surface area contributed by atoms with E-state index < -0.39 is 0 Å². The fourth-order valence-corrected chi connectivity index (χ4v) is 2.02. The predicted molar refractivity (Wildman–Crippen MR) is 63.6 cm³/mol. The predicted octanol–water partition coefficient (Wildman–Crippen LogP) is 2.61. The molecule has 0 spiro atoms. The molecule has 0 bridgehead atoms. The highest BCUT2D eigenvalue weighted by atomic mass is 79.9. The summed E-state index contributed by atoms with van der Waals surface area (Å²) in [5.41, 5.74) is 1.41. The van der Waals surface area contributed by atoms with Crippen molar-refractivity contribution in [2.24, 2.45) is 0 Å². The van der Waals surface area contributed by atoms with E-state index in [9.17, 15) is 4.79 Å². The quantitative estimate of drug-likeness (QED) is 0.863. The number of aromatic amines is 1. The SMILES string of the molecule is COc1cc(Br)c2cc(C)c(=O)[nH]c2c1. The number of rotatable bonds is 1. The van der Waals surface area contributed by atoms with E-state index in [4.69, 9.17) is 4.74 Å². The van der Waals surface area contributed by atoms with E-state index in [2.05, 4.69) is 20.9 Å². The number of hydrogen-bond acceptors (Lipinski definition) is 2. The number of H-pyrrole nitrogens is 1. The highest BCUT2D eigenvalue weighted by Crippen LogP contribution is 2.27. The van der Waals surface area contributed by atoms with Gasteiger partial charge in [-0.05, 0) is 35.0 Å². The number of benzene rings is 1. The van der Waals surface area contributed by atoms with Crippen LogP contribution in [-0.4, -0.2) is 12.1 Å². The number of methoxy groups -OCH3 is 1. The smallest absolute Gasteiger partial charge is 0.251 e. The second kappa shape index (κ2) is 3.70. The minimum absolute atomic E-state index is 0.0670. The standard InChI is InChI=1S/C11H10BrNO2/c1-6-3-8-9(12)4-7(15-2)5-10(8)13-11(6)14/h3-5H,1-2H3,(H,13,14). The van der Waals surface area contributed by atoms with Gasteiger partial charge in [0.05, 0.1) is 12.6 Å². The van der Waals surface area contributed by atoms with Gasteiger partial charge in [-0.15, -0.1) is 0 Å². The van der Waals surface area contributed by atoms with Crippen LogP contribution in [0.4, 0.5) is 0 Å². The van der Waals surface area contributed by atoms with Gasteiger partial charge in [0.15, 0.2) is 0 Å². The Balaban J connectivity index is 2.86. The molecule has 1 aromatic heterocycles. The molecular formula is C11H10BrNO2. The first-order chi connectivity index (χ1) is 7.11. The molecule has 15 heavy (non-hydrogen) atoms. The van der Waals surface area contributed by atoms with Gasteiger partial charge < -0.3 is 9.72 Å². The lowest BCUT2D eigenvalue weighted by atomic mass is 10.1. The molecule has 3 nitrogen and oxygen atoms in total. The fraction of sp³-hybridized carbons (Fsp3) is 0.182. The molecule has 1 N–H and O–H groups in total. The number of nitrogens with one attached hydrogen (secondary N) is 1. The Hall–Kier alpha value is -1.29. The highest BCUT2D eigenvalue weighted by molar-refractivity contribution is 9.10. The number of halogens is 1. The topological polar surface area (TPSA) is 42.1 Å². The molecular weight excluding hydrogens is 258 g/mol. The first kappa shape index (κ1) is 10.2. The molecule has 0 unspecified atom stereocenters. The molecule has 0 aliphatic carbocycles. The zero-order valence-corrected chi connectivity index (χ0v) is 10.0. The maximum atomic E-state index is 11.4. The lowest BCUT2D eigenvalue weighted by Crippen LogP contribution is -2.08. The summed E-state index contributed by atoms with van der Waals surface area (Å²) in [7, 11) is 1.60. The molecule has 78 valence electrons. The van der Waals surface area contributed by atoms with Gasteiger partial charge in [0.2, 0.25) is 0 Å². The largest absolute Gasteiger partial charge is 0.497 e. The lowest BCUT2D eigenvalue weighted by Gasteiger charge is -2.05. The van der Waals surface area contributed by atoms with Gasteiger partial charge in [-0.25, -0.2) is 0 Å². The summed E-state index contributed by atoms with van der Waals surface area (Å²) in [6, 6.07) is 5.54. The van der Waals surface area contributed by atoms with Crippen LogP contribution in [0.1, 0.15) is 5.56 Å². The monoisotopic (exact) mass is 267 g/mol. The third kappa shape index (κ3) is 1.77. The highest BCUT2D eigenvalue weighted by Gasteiger charge is 2.04. The summed E-state index contributed by atoms with van der Waals surface area (Å²) in [5.74, 6) is 0.717. The van der Waals surface area contributed by atoms with Crippen LogP contribution in [0.5, 0.6) is 5.75 Å². The van der Waals surface area contributed by atoms with Crippen molar-refractivity contribution >= 4 is 26.8 Å². The van der Waals surface area contributed by atoms with Gasteiger partial charge >= 0.3 is 0 Å². The summed E-state index contributed by atoms with van der Waals surface area (Å²) in [6.07, 6.45) is 0. The lowest BCUT2D eigenvalue weighted by molar-refractivity contribution is 0.415. The Labute approximate surface area is 95.2 Å². The maximum Gasteiger partial charge on any atom is 0.251 e. The van der Waals surface area contributed by atoms with Gasteiger partial charge in [0, 0.05) is 21.5 Å². The third-order valence-corrected chi connectivity index (χ3v) is 2.96. The average Bonchev–Trinajstić information content (AvgIpc) is 2.21. The van der Waals surface area contributed by atoms with Gasteiger partial charge in [0.25, 0.3) is 5.56 Å². The molecule has 0 saturated carbocycles. The van der Waals surface area contributed by atoms with Crippen LogP contribution in [0.2, 0.25) is 0 Å². The molecule has 2 rings (SSSR count). The molecule has 4 heteroatoms. The van der Waals surface area contributed by atoms with Crippen molar-refractivity contribution in [2.75, 3.05) is 7.11 Å². The number of aryl methyl sites for hydroxylation is 1. The molecule has 0 aliphatic heterocycles. The van der Waals surface area contributed by atoms with E-state index >= 15 is 0 Å². The van der Waals surface area contributed by atoms with Crippen molar-refractivity contribution in [3.63, 3.8) is 0 Å². The van der Waals surface area contributed by atoms with Crippen molar-refractivity contribution in [1.29, 1.82) is 0 Å². The van der Waals surface area contributed by atoms with Gasteiger partial charge in [-0.1, -0.05) is 0 Å². The molecule has 1 heterocycles. The zero-order valence-electron chi connectivity index (χ0n) is 8.43. The molecule has 0 fully saturated rings. The van der Waals surface area contributed by atoms with Crippen LogP contribution in [0.25, 0.3) is 10.9 Å². The molecule has 0 radical (unpaired) electrons. The van der Waals surface area contributed by atoms with Crippen molar-refractivity contribution in [3.8, 4) is 5.75 Å². The van der Waals surface area contributed by atoms with Gasteiger partial charge in [-0.2, -0.15) is 0 Å². The first-order valence-corrected chi connectivity index (χ1v) is 5.28. The van der Waals surface area contributed by atoms with Crippen molar-refractivity contribution < 1.29 is 4.74 Å². The average molecular weight is 268 g/mol. The van der Waals surface area contributed by atoms with Crippen molar-refractivity contribution in [2.45, 2.75) is 6.92 Å². The number of pyridine rings is 1. The summed E-state index contributed by atoms with van der Waals surface area (Å²) in [6.45, 7) is 1.79. The first-order valence-electron chi connectivity index (χ1n) is 4.49.